The van der Waals surface area contributed by atoms with E-state index < -0.39 is 5.97 Å². The lowest BCUT2D eigenvalue weighted by Crippen LogP contribution is -2.12. The number of rotatable bonds is 4. The molecule has 1 aromatic carbocycles. The van der Waals surface area contributed by atoms with E-state index in [1.165, 1.54) is 6.08 Å². The van der Waals surface area contributed by atoms with Gasteiger partial charge in [0.05, 0.1) is 0 Å². The first-order valence-electron chi connectivity index (χ1n) is 5.89. The maximum atomic E-state index is 11.8. The fourth-order valence-electron chi connectivity index (χ4n) is 1.57. The van der Waals surface area contributed by atoms with Gasteiger partial charge in [0.25, 0.3) is 5.91 Å². The van der Waals surface area contributed by atoms with E-state index in [-0.39, 0.29) is 5.91 Å². The molecular weight excluding hydrogens is 258 g/mol. The number of hydrogen-bond donors (Lipinski definition) is 3. The molecule has 1 amide bonds. The molecule has 6 nitrogen and oxygen atoms in total. The average Bonchev–Trinajstić information content (AvgIpc) is 2.85. The predicted molar refractivity (Wildman–Crippen MR) is 74.4 cm³/mol. The Bertz CT molecular complexity index is 657. The molecule has 102 valence electrons. The molecule has 6 heteroatoms. The number of carbonyl (C=O) groups is 2. The van der Waals surface area contributed by atoms with Gasteiger partial charge >= 0.3 is 5.97 Å². The van der Waals surface area contributed by atoms with E-state index in [9.17, 15) is 9.59 Å². The molecule has 0 radical (unpaired) electrons. The van der Waals surface area contributed by atoms with Crippen LogP contribution in [0, 0.1) is 6.92 Å². The van der Waals surface area contributed by atoms with Crippen molar-refractivity contribution in [2.24, 2.45) is 0 Å². The third kappa shape index (κ3) is 3.55. The number of nitrogens with zero attached hydrogens (tertiary/aromatic N) is 1. The van der Waals surface area contributed by atoms with Crippen LogP contribution in [0.25, 0.3) is 6.08 Å². The van der Waals surface area contributed by atoms with Crippen molar-refractivity contribution in [2.45, 2.75) is 6.92 Å². The van der Waals surface area contributed by atoms with E-state index in [2.05, 4.69) is 15.5 Å². The van der Waals surface area contributed by atoms with Crippen LogP contribution in [0.5, 0.6) is 0 Å². The number of anilines is 1. The molecule has 0 unspecified atom stereocenters. The molecule has 0 atom stereocenters. The molecule has 0 spiro atoms. The minimum atomic E-state index is -1.00. The third-order valence-corrected chi connectivity index (χ3v) is 2.53. The summed E-state index contributed by atoms with van der Waals surface area (Å²) in [5, 5.41) is 17.8. The topological polar surface area (TPSA) is 95.1 Å². The molecule has 0 saturated carbocycles. The minimum Gasteiger partial charge on any atom is -0.478 e. The number of carbonyl (C=O) groups excluding carboxylic acids is 1. The lowest BCUT2D eigenvalue weighted by Gasteiger charge is -2.03. The van der Waals surface area contributed by atoms with Crippen LogP contribution in [0.3, 0.4) is 0 Å². The van der Waals surface area contributed by atoms with Crippen molar-refractivity contribution >= 4 is 23.6 Å². The molecule has 1 heterocycles. The largest absolute Gasteiger partial charge is 0.478 e. The summed E-state index contributed by atoms with van der Waals surface area (Å²) in [7, 11) is 0. The summed E-state index contributed by atoms with van der Waals surface area (Å²) in [4.78, 5) is 22.2. The van der Waals surface area contributed by atoms with Crippen molar-refractivity contribution in [3.8, 4) is 0 Å². The summed E-state index contributed by atoms with van der Waals surface area (Å²) in [6.45, 7) is 1.81. The van der Waals surface area contributed by atoms with Crippen LogP contribution in [0.15, 0.2) is 36.4 Å². The zero-order chi connectivity index (χ0) is 14.5. The SMILES string of the molecule is Cc1cc(C(=O)Nc2ccc(C=CC(=O)O)cc2)n[nH]1. The number of amides is 1. The number of aryl methyl sites for hydroxylation is 1. The van der Waals surface area contributed by atoms with Gasteiger partial charge in [0, 0.05) is 17.5 Å². The second kappa shape index (κ2) is 5.83. The Morgan fingerprint density at radius 3 is 2.55 bits per heavy atom. The number of carboxylic acid groups (broad SMARTS) is 1. The molecule has 0 fully saturated rings. The van der Waals surface area contributed by atoms with Gasteiger partial charge in [0.15, 0.2) is 5.69 Å². The highest BCUT2D eigenvalue weighted by molar-refractivity contribution is 6.02. The van der Waals surface area contributed by atoms with E-state index >= 15 is 0 Å². The monoisotopic (exact) mass is 271 g/mol. The maximum Gasteiger partial charge on any atom is 0.328 e. The molecule has 3 N–H and O–H groups in total. The summed E-state index contributed by atoms with van der Waals surface area (Å²) in [6.07, 6.45) is 2.53. The van der Waals surface area contributed by atoms with Crippen molar-refractivity contribution in [2.75, 3.05) is 5.32 Å². The summed E-state index contributed by atoms with van der Waals surface area (Å²) in [5.41, 5.74) is 2.48. The summed E-state index contributed by atoms with van der Waals surface area (Å²) < 4.78 is 0. The number of H-pyrrole nitrogens is 1. The second-order valence-electron chi connectivity index (χ2n) is 4.18. The number of benzene rings is 1. The lowest BCUT2D eigenvalue weighted by molar-refractivity contribution is -0.131. The highest BCUT2D eigenvalue weighted by Gasteiger charge is 2.09. The van der Waals surface area contributed by atoms with Gasteiger partial charge in [0.1, 0.15) is 0 Å². The smallest absolute Gasteiger partial charge is 0.328 e. The van der Waals surface area contributed by atoms with E-state index in [1.54, 1.807) is 30.3 Å². The van der Waals surface area contributed by atoms with Crippen molar-refractivity contribution < 1.29 is 14.7 Å². The molecule has 0 saturated heterocycles. The van der Waals surface area contributed by atoms with Crippen molar-refractivity contribution in [1.82, 2.24) is 10.2 Å². The molecule has 0 aliphatic rings. The highest BCUT2D eigenvalue weighted by Crippen LogP contribution is 2.12. The standard InChI is InChI=1S/C14H13N3O3/c1-9-8-12(17-16-9)14(20)15-11-5-2-10(3-6-11)4-7-13(18)19/h2-8H,1H3,(H,15,20)(H,16,17)(H,18,19). The fraction of sp³-hybridized carbons (Fsp3) is 0.0714. The van der Waals surface area contributed by atoms with Crippen LogP contribution in [0.4, 0.5) is 5.69 Å². The van der Waals surface area contributed by atoms with Crippen LogP contribution < -0.4 is 5.32 Å². The van der Waals surface area contributed by atoms with Crippen molar-refractivity contribution in [1.29, 1.82) is 0 Å². The Morgan fingerprint density at radius 2 is 2.00 bits per heavy atom. The Morgan fingerprint density at radius 1 is 1.30 bits per heavy atom. The molecule has 20 heavy (non-hydrogen) atoms. The number of carboxylic acids is 1. The molecule has 0 aliphatic heterocycles. The van der Waals surface area contributed by atoms with E-state index in [1.807, 2.05) is 6.92 Å². The summed E-state index contributed by atoms with van der Waals surface area (Å²) in [6, 6.07) is 8.47. The Kier molecular flexibility index (Phi) is 3.95. The number of aliphatic carboxylic acids is 1. The summed E-state index contributed by atoms with van der Waals surface area (Å²) >= 11 is 0. The van der Waals surface area contributed by atoms with E-state index in [4.69, 9.17) is 5.11 Å². The third-order valence-electron chi connectivity index (χ3n) is 2.53. The number of nitrogens with one attached hydrogen (secondary N) is 2. The molecule has 0 aliphatic carbocycles. The first-order chi connectivity index (χ1) is 9.54. The first-order valence-corrected chi connectivity index (χ1v) is 5.89. The van der Waals surface area contributed by atoms with Gasteiger partial charge in [0.2, 0.25) is 0 Å². The average molecular weight is 271 g/mol. The first kappa shape index (κ1) is 13.5. The van der Waals surface area contributed by atoms with Crippen LogP contribution in [0.2, 0.25) is 0 Å². The van der Waals surface area contributed by atoms with E-state index in [0.29, 0.717) is 11.4 Å². The lowest BCUT2D eigenvalue weighted by atomic mass is 10.2. The van der Waals surface area contributed by atoms with Crippen molar-refractivity contribution in [3.63, 3.8) is 0 Å². The number of aromatic nitrogens is 2. The zero-order valence-electron chi connectivity index (χ0n) is 10.8. The second-order valence-corrected chi connectivity index (χ2v) is 4.18. The van der Waals surface area contributed by atoms with Gasteiger partial charge in [-0.05, 0) is 36.8 Å². The Balaban J connectivity index is 2.03. The molecule has 2 rings (SSSR count). The van der Waals surface area contributed by atoms with Crippen LogP contribution in [0.1, 0.15) is 21.7 Å². The van der Waals surface area contributed by atoms with Crippen LogP contribution >= 0.6 is 0 Å². The number of hydrogen-bond acceptors (Lipinski definition) is 3. The predicted octanol–water partition coefficient (Wildman–Crippen LogP) is 2.07. The highest BCUT2D eigenvalue weighted by atomic mass is 16.4. The molecule has 1 aromatic heterocycles. The normalized spacial score (nSPS) is 10.7. The number of aromatic amines is 1. The summed E-state index contributed by atoms with van der Waals surface area (Å²) in [5.74, 6) is -1.31. The van der Waals surface area contributed by atoms with Gasteiger partial charge in [-0.25, -0.2) is 4.79 Å². The van der Waals surface area contributed by atoms with E-state index in [0.717, 1.165) is 17.3 Å². The zero-order valence-corrected chi connectivity index (χ0v) is 10.8. The Hall–Kier alpha value is -2.89. The van der Waals surface area contributed by atoms with Crippen LogP contribution in [-0.2, 0) is 4.79 Å². The Labute approximate surface area is 115 Å². The minimum absolute atomic E-state index is 0.303. The van der Waals surface area contributed by atoms with Crippen LogP contribution in [-0.4, -0.2) is 27.2 Å². The van der Waals surface area contributed by atoms with Gasteiger partial charge in [-0.1, -0.05) is 12.1 Å². The molecular formula is C14H13N3O3. The van der Waals surface area contributed by atoms with Gasteiger partial charge in [-0.3, -0.25) is 9.89 Å². The quantitative estimate of drug-likeness (QED) is 0.742. The molecule has 0 bridgehead atoms. The maximum absolute atomic E-state index is 11.8. The fourth-order valence-corrected chi connectivity index (χ4v) is 1.57. The van der Waals surface area contributed by atoms with Gasteiger partial charge in [-0.15, -0.1) is 0 Å². The van der Waals surface area contributed by atoms with Gasteiger partial charge < -0.3 is 10.4 Å². The van der Waals surface area contributed by atoms with Crippen molar-refractivity contribution in [3.05, 3.63) is 53.4 Å². The molecule has 2 aromatic rings. The van der Waals surface area contributed by atoms with Gasteiger partial charge in [-0.2, -0.15) is 5.10 Å².